The number of esters is 1. The number of epoxide rings is 1. The molecule has 4 rings (SSSR count). The van der Waals surface area contributed by atoms with E-state index in [1.54, 1.807) is 0 Å². The smallest absolute Gasteiger partial charge is 0.309 e. The number of hydrogen-bond acceptors (Lipinski definition) is 3. The van der Waals surface area contributed by atoms with Gasteiger partial charge >= 0.3 is 5.97 Å². The summed E-state index contributed by atoms with van der Waals surface area (Å²) >= 11 is 0. The molecule has 3 saturated carbocycles. The Labute approximate surface area is 123 Å². The van der Waals surface area contributed by atoms with Crippen LogP contribution in [0.25, 0.3) is 0 Å². The minimum atomic E-state index is 0. The third-order valence-corrected chi connectivity index (χ3v) is 5.45. The quantitative estimate of drug-likeness (QED) is 0.583. The zero-order chi connectivity index (χ0) is 12.1. The number of hydrogen-bond donors (Lipinski definition) is 0. The van der Waals surface area contributed by atoms with E-state index in [2.05, 4.69) is 0 Å². The molecular formula is C17H30O3. The topological polar surface area (TPSA) is 38.8 Å². The first kappa shape index (κ1) is 15.8. The van der Waals surface area contributed by atoms with Gasteiger partial charge in [-0.15, -0.1) is 0 Å². The lowest BCUT2D eigenvalue weighted by Crippen LogP contribution is -2.26. The van der Waals surface area contributed by atoms with Crippen molar-refractivity contribution in [3.63, 3.8) is 0 Å². The Balaban J connectivity index is 0.000000735. The summed E-state index contributed by atoms with van der Waals surface area (Å²) in [7, 11) is 0. The van der Waals surface area contributed by atoms with Crippen LogP contribution in [0.3, 0.4) is 0 Å². The van der Waals surface area contributed by atoms with Gasteiger partial charge in [0.1, 0.15) is 0 Å². The van der Waals surface area contributed by atoms with E-state index >= 15 is 0 Å². The number of fused-ring (bicyclic) bond motifs is 2. The average molecular weight is 282 g/mol. The van der Waals surface area contributed by atoms with Crippen molar-refractivity contribution in [3.8, 4) is 0 Å². The lowest BCUT2D eigenvalue weighted by molar-refractivity contribution is -0.151. The summed E-state index contributed by atoms with van der Waals surface area (Å²) < 4.78 is 11.0. The number of ether oxygens (including phenoxy) is 2. The van der Waals surface area contributed by atoms with Gasteiger partial charge in [-0.05, 0) is 62.7 Å². The van der Waals surface area contributed by atoms with Crippen LogP contribution in [-0.4, -0.2) is 24.8 Å². The maximum Gasteiger partial charge on any atom is 0.309 e. The Hall–Kier alpha value is -0.570. The van der Waals surface area contributed by atoms with Crippen molar-refractivity contribution in [1.82, 2.24) is 0 Å². The van der Waals surface area contributed by atoms with E-state index in [4.69, 9.17) is 9.47 Å². The molecule has 116 valence electrons. The van der Waals surface area contributed by atoms with Gasteiger partial charge in [0, 0.05) is 0 Å². The molecule has 0 bridgehead atoms. The summed E-state index contributed by atoms with van der Waals surface area (Å²) in [6.07, 6.45) is 9.15. The van der Waals surface area contributed by atoms with Crippen LogP contribution in [0.2, 0.25) is 0 Å². The molecule has 0 amide bonds. The highest BCUT2D eigenvalue weighted by Crippen LogP contribution is 2.51. The molecule has 0 N–H and O–H groups in total. The zero-order valence-corrected chi connectivity index (χ0v) is 10.8. The molecule has 6 unspecified atom stereocenters. The summed E-state index contributed by atoms with van der Waals surface area (Å²) in [5, 5.41) is 0. The second kappa shape index (κ2) is 6.05. The van der Waals surface area contributed by atoms with Crippen LogP contribution in [0.4, 0.5) is 0 Å². The summed E-state index contributed by atoms with van der Waals surface area (Å²) in [6, 6.07) is 0. The van der Waals surface area contributed by atoms with Gasteiger partial charge in [-0.2, -0.15) is 0 Å². The van der Waals surface area contributed by atoms with Crippen molar-refractivity contribution in [3.05, 3.63) is 0 Å². The Bertz CT molecular complexity index is 354. The lowest BCUT2D eigenvalue weighted by Gasteiger charge is -2.23. The van der Waals surface area contributed by atoms with Gasteiger partial charge in [0.05, 0.1) is 24.7 Å². The van der Waals surface area contributed by atoms with Gasteiger partial charge in [0.15, 0.2) is 0 Å². The van der Waals surface area contributed by atoms with E-state index in [1.165, 1.54) is 25.7 Å². The molecule has 1 aliphatic heterocycles. The molecule has 0 aromatic heterocycles. The molecule has 3 aliphatic carbocycles. The Morgan fingerprint density at radius 3 is 2.55 bits per heavy atom. The van der Waals surface area contributed by atoms with E-state index < -0.39 is 0 Å². The van der Waals surface area contributed by atoms with Crippen LogP contribution >= 0.6 is 0 Å². The van der Waals surface area contributed by atoms with Crippen molar-refractivity contribution in [2.45, 2.75) is 72.0 Å². The third-order valence-electron chi connectivity index (χ3n) is 5.45. The van der Waals surface area contributed by atoms with E-state index in [0.717, 1.165) is 31.1 Å². The average Bonchev–Trinajstić information content (AvgIpc) is 3.26. The highest BCUT2D eigenvalue weighted by molar-refractivity contribution is 5.72. The van der Waals surface area contributed by atoms with Crippen molar-refractivity contribution in [2.75, 3.05) is 6.61 Å². The summed E-state index contributed by atoms with van der Waals surface area (Å²) in [5.41, 5.74) is 0. The Morgan fingerprint density at radius 2 is 1.80 bits per heavy atom. The fourth-order valence-electron chi connectivity index (χ4n) is 4.04. The number of rotatable bonds is 3. The van der Waals surface area contributed by atoms with Crippen LogP contribution in [0.15, 0.2) is 0 Å². The minimum Gasteiger partial charge on any atom is -0.465 e. The fraction of sp³-hybridized carbons (Fsp3) is 0.941. The van der Waals surface area contributed by atoms with Gasteiger partial charge in [0.2, 0.25) is 0 Å². The molecular weight excluding hydrogens is 252 g/mol. The summed E-state index contributed by atoms with van der Waals surface area (Å²) in [4.78, 5) is 12.0. The molecule has 3 nitrogen and oxygen atoms in total. The lowest BCUT2D eigenvalue weighted by atomic mass is 9.88. The Morgan fingerprint density at radius 1 is 0.950 bits per heavy atom. The first-order valence-corrected chi connectivity index (χ1v) is 7.61. The van der Waals surface area contributed by atoms with Crippen molar-refractivity contribution >= 4 is 5.97 Å². The largest absolute Gasteiger partial charge is 0.465 e. The molecule has 4 aliphatic rings. The first-order chi connectivity index (χ1) is 8.79. The minimum absolute atomic E-state index is 0. The molecule has 1 heterocycles. The first-order valence-electron chi connectivity index (χ1n) is 7.61. The summed E-state index contributed by atoms with van der Waals surface area (Å²) in [6.45, 7) is 0.674. The van der Waals surface area contributed by atoms with Gasteiger partial charge in [-0.3, -0.25) is 4.79 Å². The third kappa shape index (κ3) is 3.19. The molecule has 20 heavy (non-hydrogen) atoms. The highest BCUT2D eigenvalue weighted by atomic mass is 16.6. The molecule has 1 saturated heterocycles. The molecule has 3 heteroatoms. The van der Waals surface area contributed by atoms with Crippen LogP contribution < -0.4 is 0 Å². The molecule has 0 radical (unpaired) electrons. The van der Waals surface area contributed by atoms with Crippen LogP contribution in [0.5, 0.6) is 0 Å². The van der Waals surface area contributed by atoms with Crippen LogP contribution in [-0.2, 0) is 14.3 Å². The van der Waals surface area contributed by atoms with Gasteiger partial charge in [-0.25, -0.2) is 0 Å². The van der Waals surface area contributed by atoms with E-state index in [1.807, 2.05) is 0 Å². The monoisotopic (exact) mass is 282 g/mol. The van der Waals surface area contributed by atoms with Crippen molar-refractivity contribution < 1.29 is 14.3 Å². The van der Waals surface area contributed by atoms with Gasteiger partial charge in [0.25, 0.3) is 0 Å². The predicted octanol–water partition coefficient (Wildman–Crippen LogP) is 3.81. The molecule has 6 atom stereocenters. The van der Waals surface area contributed by atoms with Gasteiger partial charge in [-0.1, -0.05) is 14.9 Å². The highest BCUT2D eigenvalue weighted by Gasteiger charge is 2.46. The molecule has 4 fully saturated rings. The van der Waals surface area contributed by atoms with E-state index in [9.17, 15) is 4.79 Å². The maximum atomic E-state index is 12.0. The molecule has 0 spiro atoms. The van der Waals surface area contributed by atoms with Gasteiger partial charge < -0.3 is 9.47 Å². The maximum absolute atomic E-state index is 12.0. The number of carbonyl (C=O) groups is 1. The SMILES string of the molecule is C.C.O=C(OCC1CCC2CC2C1)C1CCC2OC2C1. The Kier molecular flexibility index (Phi) is 4.78. The molecule has 0 aromatic rings. The van der Waals surface area contributed by atoms with Crippen molar-refractivity contribution in [2.24, 2.45) is 23.7 Å². The second-order valence-electron chi connectivity index (χ2n) is 6.79. The van der Waals surface area contributed by atoms with E-state index in [0.29, 0.717) is 24.7 Å². The molecule has 0 aromatic carbocycles. The number of carbonyl (C=O) groups excluding carboxylic acids is 1. The fourth-order valence-corrected chi connectivity index (χ4v) is 4.04. The summed E-state index contributed by atoms with van der Waals surface area (Å²) in [5.74, 6) is 2.80. The van der Waals surface area contributed by atoms with Crippen molar-refractivity contribution in [1.29, 1.82) is 0 Å². The standard InChI is InChI=1S/C15H22O3.2CH4/c16-15(11-3-4-13-14(7-11)18-13)17-8-9-1-2-10-6-12(10)5-9;;/h9-14H,1-8H2;2*1H4. The van der Waals surface area contributed by atoms with Crippen LogP contribution in [0.1, 0.15) is 59.8 Å². The second-order valence-corrected chi connectivity index (χ2v) is 6.79. The zero-order valence-electron chi connectivity index (χ0n) is 10.8. The normalized spacial score (nSPS) is 44.0. The van der Waals surface area contributed by atoms with Crippen LogP contribution in [0, 0.1) is 23.7 Å². The predicted molar refractivity (Wildman–Crippen MR) is 79.4 cm³/mol. The van der Waals surface area contributed by atoms with E-state index in [-0.39, 0.29) is 26.7 Å².